The molecule has 0 aliphatic rings. The predicted molar refractivity (Wildman–Crippen MR) is 72.6 cm³/mol. The van der Waals surface area contributed by atoms with Crippen molar-refractivity contribution in [2.45, 2.75) is 46.2 Å². The summed E-state index contributed by atoms with van der Waals surface area (Å²) in [6.45, 7) is 7.36. The molecule has 0 saturated carbocycles. The molecular formula is C14H24N2O2. The molecule has 0 atom stereocenters. The largest absolute Gasteiger partial charge is 0.395 e. The van der Waals surface area contributed by atoms with Gasteiger partial charge in [0.15, 0.2) is 0 Å². The molecule has 0 aliphatic heterocycles. The van der Waals surface area contributed by atoms with Crippen molar-refractivity contribution in [3.05, 3.63) is 24.0 Å². The highest BCUT2D eigenvalue weighted by molar-refractivity contribution is 5.93. The van der Waals surface area contributed by atoms with Gasteiger partial charge in [0.25, 0.3) is 5.91 Å². The van der Waals surface area contributed by atoms with Gasteiger partial charge in [-0.3, -0.25) is 4.79 Å². The molecule has 0 aromatic carbocycles. The summed E-state index contributed by atoms with van der Waals surface area (Å²) >= 11 is 0. The first kappa shape index (κ1) is 14.8. The Balaban J connectivity index is 2.95. The van der Waals surface area contributed by atoms with E-state index in [1.165, 1.54) is 0 Å². The number of hydrogen-bond donors (Lipinski definition) is 1. The second-order valence-electron chi connectivity index (χ2n) is 4.37. The van der Waals surface area contributed by atoms with Crippen LogP contribution in [0.15, 0.2) is 18.3 Å². The average molecular weight is 252 g/mol. The van der Waals surface area contributed by atoms with Gasteiger partial charge in [-0.05, 0) is 31.9 Å². The Morgan fingerprint density at radius 1 is 1.39 bits per heavy atom. The van der Waals surface area contributed by atoms with Crippen LogP contribution in [0, 0.1) is 0 Å². The zero-order valence-electron chi connectivity index (χ0n) is 11.6. The minimum Gasteiger partial charge on any atom is -0.395 e. The number of carbonyl (C=O) groups is 1. The maximum absolute atomic E-state index is 12.5. The summed E-state index contributed by atoms with van der Waals surface area (Å²) in [7, 11) is 0. The lowest BCUT2D eigenvalue weighted by Crippen LogP contribution is -2.42. The number of amides is 1. The molecule has 0 spiro atoms. The van der Waals surface area contributed by atoms with Crippen molar-refractivity contribution < 1.29 is 9.90 Å². The van der Waals surface area contributed by atoms with Crippen LogP contribution in [0.25, 0.3) is 0 Å². The van der Waals surface area contributed by atoms with E-state index >= 15 is 0 Å². The summed E-state index contributed by atoms with van der Waals surface area (Å²) in [6.07, 6.45) is 3.74. The molecule has 1 heterocycles. The lowest BCUT2D eigenvalue weighted by Gasteiger charge is -2.30. The number of hydrogen-bond acceptors (Lipinski definition) is 2. The maximum Gasteiger partial charge on any atom is 0.270 e. The third-order valence-corrected chi connectivity index (χ3v) is 3.37. The molecule has 1 aromatic heterocycles. The van der Waals surface area contributed by atoms with Gasteiger partial charge in [0.1, 0.15) is 5.69 Å². The lowest BCUT2D eigenvalue weighted by atomic mass is 10.1. The second kappa shape index (κ2) is 7.21. The highest BCUT2D eigenvalue weighted by atomic mass is 16.3. The van der Waals surface area contributed by atoms with Crippen LogP contribution in [0.4, 0.5) is 0 Å². The fraction of sp³-hybridized carbons (Fsp3) is 0.643. The Morgan fingerprint density at radius 2 is 2.06 bits per heavy atom. The summed E-state index contributed by atoms with van der Waals surface area (Å²) in [5.74, 6) is 0.0181. The standard InChI is InChI=1S/C14H24N2O2/c1-4-12(5-2)16(10-11-17)14(18)13-8-7-9-15(13)6-3/h7-9,12,17H,4-6,10-11H2,1-3H3. The Morgan fingerprint density at radius 3 is 2.56 bits per heavy atom. The molecule has 0 radical (unpaired) electrons. The Labute approximate surface area is 109 Å². The summed E-state index contributed by atoms with van der Waals surface area (Å²) in [4.78, 5) is 14.3. The molecule has 0 bridgehead atoms. The van der Waals surface area contributed by atoms with E-state index < -0.39 is 0 Å². The summed E-state index contributed by atoms with van der Waals surface area (Å²) in [5.41, 5.74) is 0.706. The molecule has 1 amide bonds. The molecule has 4 heteroatoms. The van der Waals surface area contributed by atoms with Crippen LogP contribution in [0.2, 0.25) is 0 Å². The first-order valence-electron chi connectivity index (χ1n) is 6.76. The third-order valence-electron chi connectivity index (χ3n) is 3.37. The molecule has 18 heavy (non-hydrogen) atoms. The first-order valence-corrected chi connectivity index (χ1v) is 6.76. The van der Waals surface area contributed by atoms with Gasteiger partial charge in [0.2, 0.25) is 0 Å². The topological polar surface area (TPSA) is 45.5 Å². The van der Waals surface area contributed by atoms with Gasteiger partial charge in [-0.25, -0.2) is 0 Å². The normalized spacial score (nSPS) is 10.9. The van der Waals surface area contributed by atoms with E-state index in [4.69, 9.17) is 5.11 Å². The van der Waals surface area contributed by atoms with Gasteiger partial charge in [-0.15, -0.1) is 0 Å². The van der Waals surface area contributed by atoms with E-state index in [1.54, 1.807) is 4.90 Å². The van der Waals surface area contributed by atoms with Crippen molar-refractivity contribution in [1.29, 1.82) is 0 Å². The van der Waals surface area contributed by atoms with E-state index in [9.17, 15) is 4.79 Å². The molecule has 4 nitrogen and oxygen atoms in total. The van der Waals surface area contributed by atoms with E-state index in [-0.39, 0.29) is 18.6 Å². The van der Waals surface area contributed by atoms with Gasteiger partial charge >= 0.3 is 0 Å². The third kappa shape index (κ3) is 3.13. The Bertz CT molecular complexity index is 370. The van der Waals surface area contributed by atoms with E-state index in [0.29, 0.717) is 12.2 Å². The Kier molecular flexibility index (Phi) is 5.92. The quantitative estimate of drug-likeness (QED) is 0.808. The van der Waals surface area contributed by atoms with Crippen molar-refractivity contribution in [2.75, 3.05) is 13.2 Å². The van der Waals surface area contributed by atoms with Crippen molar-refractivity contribution >= 4 is 5.91 Å². The fourth-order valence-electron chi connectivity index (χ4n) is 2.32. The zero-order valence-corrected chi connectivity index (χ0v) is 11.6. The first-order chi connectivity index (χ1) is 8.69. The van der Waals surface area contributed by atoms with E-state index in [0.717, 1.165) is 19.4 Å². The molecule has 1 rings (SSSR count). The lowest BCUT2D eigenvalue weighted by molar-refractivity contribution is 0.0611. The number of aliphatic hydroxyl groups is 1. The SMILES string of the molecule is CCC(CC)N(CCO)C(=O)c1cccn1CC. The molecule has 0 saturated heterocycles. The summed E-state index contributed by atoms with van der Waals surface area (Å²) in [5, 5.41) is 9.15. The number of carbonyl (C=O) groups excluding carboxylic acids is 1. The average Bonchev–Trinajstić information content (AvgIpc) is 2.86. The molecular weight excluding hydrogens is 228 g/mol. The van der Waals surface area contributed by atoms with Crippen molar-refractivity contribution in [3.8, 4) is 0 Å². The highest BCUT2D eigenvalue weighted by Crippen LogP contribution is 2.14. The highest BCUT2D eigenvalue weighted by Gasteiger charge is 2.23. The molecule has 0 fully saturated rings. The van der Waals surface area contributed by atoms with Crippen LogP contribution in [-0.4, -0.2) is 39.7 Å². The monoisotopic (exact) mass is 252 g/mol. The van der Waals surface area contributed by atoms with E-state index in [2.05, 4.69) is 13.8 Å². The molecule has 1 N–H and O–H groups in total. The minimum absolute atomic E-state index is 0.00900. The van der Waals surface area contributed by atoms with Crippen LogP contribution in [-0.2, 0) is 6.54 Å². The summed E-state index contributed by atoms with van der Waals surface area (Å²) < 4.78 is 1.94. The van der Waals surface area contributed by atoms with Gasteiger partial charge < -0.3 is 14.6 Å². The van der Waals surface area contributed by atoms with Gasteiger partial charge in [-0.2, -0.15) is 0 Å². The van der Waals surface area contributed by atoms with Gasteiger partial charge in [0, 0.05) is 25.3 Å². The fourth-order valence-corrected chi connectivity index (χ4v) is 2.32. The van der Waals surface area contributed by atoms with E-state index in [1.807, 2.05) is 29.8 Å². The zero-order chi connectivity index (χ0) is 13.5. The van der Waals surface area contributed by atoms with Crippen LogP contribution < -0.4 is 0 Å². The van der Waals surface area contributed by atoms with Gasteiger partial charge in [0.05, 0.1) is 6.61 Å². The number of rotatable bonds is 7. The van der Waals surface area contributed by atoms with Gasteiger partial charge in [-0.1, -0.05) is 13.8 Å². The number of nitrogens with zero attached hydrogens (tertiary/aromatic N) is 2. The smallest absolute Gasteiger partial charge is 0.270 e. The van der Waals surface area contributed by atoms with Crippen molar-refractivity contribution in [3.63, 3.8) is 0 Å². The maximum atomic E-state index is 12.5. The van der Waals surface area contributed by atoms with Crippen LogP contribution in [0.3, 0.4) is 0 Å². The van der Waals surface area contributed by atoms with Crippen LogP contribution in [0.1, 0.15) is 44.1 Å². The molecule has 0 unspecified atom stereocenters. The molecule has 102 valence electrons. The summed E-state index contributed by atoms with van der Waals surface area (Å²) in [6, 6.07) is 3.93. The van der Waals surface area contributed by atoms with Crippen molar-refractivity contribution in [1.82, 2.24) is 9.47 Å². The minimum atomic E-state index is 0.00900. The van der Waals surface area contributed by atoms with Crippen LogP contribution in [0.5, 0.6) is 0 Å². The predicted octanol–water partition coefficient (Wildman–Crippen LogP) is 2.13. The Hall–Kier alpha value is -1.29. The number of aryl methyl sites for hydroxylation is 1. The van der Waals surface area contributed by atoms with Crippen molar-refractivity contribution in [2.24, 2.45) is 0 Å². The number of aromatic nitrogens is 1. The molecule has 0 aliphatic carbocycles. The number of aliphatic hydroxyl groups excluding tert-OH is 1. The van der Waals surface area contributed by atoms with Crippen LogP contribution >= 0.6 is 0 Å². The molecule has 1 aromatic rings. The second-order valence-corrected chi connectivity index (χ2v) is 4.37.